The summed E-state index contributed by atoms with van der Waals surface area (Å²) in [5.41, 5.74) is 6.94. The van der Waals surface area contributed by atoms with Gasteiger partial charge >= 0.3 is 0 Å². The molecule has 1 aromatic heterocycles. The molecule has 0 aliphatic heterocycles. The van der Waals surface area contributed by atoms with Crippen molar-refractivity contribution in [3.8, 4) is 11.3 Å². The van der Waals surface area contributed by atoms with Crippen LogP contribution in [-0.4, -0.2) is 9.78 Å². The number of nitrogens with two attached hydrogens (primary N) is 1. The number of rotatable bonds is 2. The van der Waals surface area contributed by atoms with Gasteiger partial charge in [0.1, 0.15) is 0 Å². The number of aromatic nitrogens is 2. The fourth-order valence-electron chi connectivity index (χ4n) is 1.34. The highest BCUT2D eigenvalue weighted by Gasteiger charge is 2.00. The topological polar surface area (TPSA) is 60.9 Å². The van der Waals surface area contributed by atoms with Crippen LogP contribution in [0.15, 0.2) is 47.3 Å². The lowest BCUT2D eigenvalue weighted by Crippen LogP contribution is -2.25. The van der Waals surface area contributed by atoms with E-state index < -0.39 is 0 Å². The van der Waals surface area contributed by atoms with Gasteiger partial charge in [-0.2, -0.15) is 5.10 Å². The highest BCUT2D eigenvalue weighted by molar-refractivity contribution is 5.57. The molecule has 0 fully saturated rings. The van der Waals surface area contributed by atoms with Gasteiger partial charge in [0.2, 0.25) is 0 Å². The normalized spacial score (nSPS) is 10.2. The van der Waals surface area contributed by atoms with E-state index in [-0.39, 0.29) is 12.2 Å². The molecule has 4 nitrogen and oxygen atoms in total. The van der Waals surface area contributed by atoms with Crippen LogP contribution in [0.3, 0.4) is 0 Å². The van der Waals surface area contributed by atoms with Crippen LogP contribution >= 0.6 is 0 Å². The van der Waals surface area contributed by atoms with Crippen LogP contribution in [0.25, 0.3) is 11.3 Å². The Morgan fingerprint density at radius 3 is 2.53 bits per heavy atom. The minimum atomic E-state index is -0.183. The van der Waals surface area contributed by atoms with Gasteiger partial charge in [-0.1, -0.05) is 30.3 Å². The maximum Gasteiger partial charge on any atom is 0.267 e. The average molecular weight is 201 g/mol. The van der Waals surface area contributed by atoms with E-state index in [4.69, 9.17) is 5.73 Å². The Balaban J connectivity index is 2.51. The van der Waals surface area contributed by atoms with E-state index >= 15 is 0 Å². The Hall–Kier alpha value is -1.94. The van der Waals surface area contributed by atoms with E-state index in [2.05, 4.69) is 5.10 Å². The van der Waals surface area contributed by atoms with Gasteiger partial charge in [0, 0.05) is 11.6 Å². The SMILES string of the molecule is NCn1nc(-c2ccccc2)ccc1=O. The molecule has 0 spiro atoms. The first-order valence-corrected chi connectivity index (χ1v) is 4.65. The predicted molar refractivity (Wildman–Crippen MR) is 58.1 cm³/mol. The van der Waals surface area contributed by atoms with Crippen LogP contribution in [-0.2, 0) is 6.67 Å². The van der Waals surface area contributed by atoms with Gasteiger partial charge in [-0.25, -0.2) is 4.68 Å². The van der Waals surface area contributed by atoms with E-state index in [0.717, 1.165) is 11.3 Å². The maximum atomic E-state index is 11.3. The zero-order chi connectivity index (χ0) is 10.7. The van der Waals surface area contributed by atoms with Crippen molar-refractivity contribution in [3.05, 3.63) is 52.8 Å². The van der Waals surface area contributed by atoms with Gasteiger partial charge in [0.25, 0.3) is 5.56 Å². The van der Waals surface area contributed by atoms with E-state index in [1.807, 2.05) is 30.3 Å². The third kappa shape index (κ3) is 1.94. The second-order valence-corrected chi connectivity index (χ2v) is 3.10. The molecule has 15 heavy (non-hydrogen) atoms. The first-order valence-electron chi connectivity index (χ1n) is 4.65. The number of nitrogens with zero attached hydrogens (tertiary/aromatic N) is 2. The molecule has 0 bridgehead atoms. The van der Waals surface area contributed by atoms with Gasteiger partial charge < -0.3 is 5.73 Å². The molecule has 1 heterocycles. The molecule has 0 amide bonds. The molecule has 4 heteroatoms. The lowest BCUT2D eigenvalue weighted by molar-refractivity contribution is 0.600. The standard InChI is InChI=1S/C11H11N3O/c12-8-14-11(15)7-6-10(13-14)9-4-2-1-3-5-9/h1-7H,8,12H2. The van der Waals surface area contributed by atoms with E-state index in [9.17, 15) is 4.79 Å². The van der Waals surface area contributed by atoms with Crippen molar-refractivity contribution in [1.82, 2.24) is 9.78 Å². The summed E-state index contributed by atoms with van der Waals surface area (Å²) in [5.74, 6) is 0. The monoisotopic (exact) mass is 201 g/mol. The zero-order valence-electron chi connectivity index (χ0n) is 8.13. The van der Waals surface area contributed by atoms with Crippen molar-refractivity contribution in [2.24, 2.45) is 5.73 Å². The lowest BCUT2D eigenvalue weighted by Gasteiger charge is -2.03. The van der Waals surface area contributed by atoms with Crippen LogP contribution < -0.4 is 11.3 Å². The van der Waals surface area contributed by atoms with Crippen LogP contribution in [0.1, 0.15) is 0 Å². The summed E-state index contributed by atoms with van der Waals surface area (Å²) in [7, 11) is 0. The summed E-state index contributed by atoms with van der Waals surface area (Å²) < 4.78 is 1.24. The fraction of sp³-hybridized carbons (Fsp3) is 0.0909. The van der Waals surface area contributed by atoms with E-state index in [1.165, 1.54) is 10.7 Å². The lowest BCUT2D eigenvalue weighted by atomic mass is 10.1. The highest BCUT2D eigenvalue weighted by Crippen LogP contribution is 2.13. The Kier molecular flexibility index (Phi) is 2.60. The second kappa shape index (κ2) is 4.06. The Bertz CT molecular complexity index is 505. The summed E-state index contributed by atoms with van der Waals surface area (Å²) in [6, 6.07) is 12.8. The molecule has 0 saturated heterocycles. The van der Waals surface area contributed by atoms with Gasteiger partial charge in [-0.15, -0.1) is 0 Å². The van der Waals surface area contributed by atoms with Gasteiger partial charge in [0.05, 0.1) is 12.4 Å². The zero-order valence-corrected chi connectivity index (χ0v) is 8.13. The largest absolute Gasteiger partial charge is 0.312 e. The second-order valence-electron chi connectivity index (χ2n) is 3.10. The molecule has 0 saturated carbocycles. The third-order valence-electron chi connectivity index (χ3n) is 2.11. The van der Waals surface area contributed by atoms with Crippen molar-refractivity contribution in [1.29, 1.82) is 0 Å². The molecule has 2 aromatic rings. The molecule has 76 valence electrons. The summed E-state index contributed by atoms with van der Waals surface area (Å²) >= 11 is 0. The summed E-state index contributed by atoms with van der Waals surface area (Å²) in [5, 5.41) is 4.14. The van der Waals surface area contributed by atoms with Gasteiger partial charge in [-0.05, 0) is 6.07 Å². The third-order valence-corrected chi connectivity index (χ3v) is 2.11. The van der Waals surface area contributed by atoms with Crippen molar-refractivity contribution in [2.75, 3.05) is 0 Å². The molecule has 0 atom stereocenters. The van der Waals surface area contributed by atoms with Crippen LogP contribution in [0.4, 0.5) is 0 Å². The molecule has 0 aliphatic carbocycles. The van der Waals surface area contributed by atoms with Crippen LogP contribution in [0.5, 0.6) is 0 Å². The van der Waals surface area contributed by atoms with Crippen LogP contribution in [0, 0.1) is 0 Å². The quantitative estimate of drug-likeness (QED) is 0.782. The highest BCUT2D eigenvalue weighted by atomic mass is 16.1. The Labute approximate surface area is 87.0 Å². The molecule has 2 rings (SSSR count). The number of hydrogen-bond acceptors (Lipinski definition) is 3. The number of benzene rings is 1. The maximum absolute atomic E-state index is 11.3. The summed E-state index contributed by atoms with van der Waals surface area (Å²) in [6.07, 6.45) is 0. The van der Waals surface area contributed by atoms with Gasteiger partial charge in [-0.3, -0.25) is 4.79 Å². The van der Waals surface area contributed by atoms with Crippen molar-refractivity contribution >= 4 is 0 Å². The average Bonchev–Trinajstić information content (AvgIpc) is 2.31. The first kappa shape index (κ1) is 9.61. The summed E-state index contributed by atoms with van der Waals surface area (Å²) in [4.78, 5) is 11.3. The van der Waals surface area contributed by atoms with Gasteiger partial charge in [0.15, 0.2) is 0 Å². The fourth-order valence-corrected chi connectivity index (χ4v) is 1.34. The Morgan fingerprint density at radius 2 is 1.87 bits per heavy atom. The van der Waals surface area contributed by atoms with E-state index in [1.54, 1.807) is 6.07 Å². The van der Waals surface area contributed by atoms with Crippen molar-refractivity contribution < 1.29 is 0 Å². The minimum Gasteiger partial charge on any atom is -0.312 e. The molecular weight excluding hydrogens is 190 g/mol. The minimum absolute atomic E-state index is 0.0967. The summed E-state index contributed by atoms with van der Waals surface area (Å²) in [6.45, 7) is 0.0967. The molecule has 0 aliphatic rings. The predicted octanol–water partition coefficient (Wildman–Crippen LogP) is 0.826. The molecule has 0 radical (unpaired) electrons. The molecule has 2 N–H and O–H groups in total. The Morgan fingerprint density at radius 1 is 1.13 bits per heavy atom. The smallest absolute Gasteiger partial charge is 0.267 e. The van der Waals surface area contributed by atoms with Crippen LogP contribution in [0.2, 0.25) is 0 Å². The van der Waals surface area contributed by atoms with Crippen molar-refractivity contribution in [3.63, 3.8) is 0 Å². The van der Waals surface area contributed by atoms with Crippen molar-refractivity contribution in [2.45, 2.75) is 6.67 Å². The molecule has 1 aromatic carbocycles. The van der Waals surface area contributed by atoms with E-state index in [0.29, 0.717) is 0 Å². The first-order chi connectivity index (χ1) is 7.31. The molecule has 0 unspecified atom stereocenters. The molecular formula is C11H11N3O. The number of hydrogen-bond donors (Lipinski definition) is 1.